The summed E-state index contributed by atoms with van der Waals surface area (Å²) in [7, 11) is 0. The van der Waals surface area contributed by atoms with Crippen molar-refractivity contribution >= 4 is 11.6 Å². The molecule has 15 heteroatoms. The van der Waals surface area contributed by atoms with Crippen LogP contribution in [0.4, 0.5) is 13.2 Å². The van der Waals surface area contributed by atoms with Crippen molar-refractivity contribution in [1.29, 1.82) is 0 Å². The van der Waals surface area contributed by atoms with Gasteiger partial charge in [-0.15, -0.1) is 0 Å². The second kappa shape index (κ2) is 34.8. The lowest BCUT2D eigenvalue weighted by atomic mass is 9.83. The average Bonchev–Trinajstić information content (AvgIpc) is 3.79. The van der Waals surface area contributed by atoms with Crippen LogP contribution in [0.3, 0.4) is 0 Å². The van der Waals surface area contributed by atoms with Gasteiger partial charge in [0.1, 0.15) is 0 Å². The van der Waals surface area contributed by atoms with Crippen LogP contribution in [0.2, 0.25) is 5.02 Å². The number of alkyl halides is 3. The zero-order valence-corrected chi connectivity index (χ0v) is 49.6. The monoisotopic (exact) mass is 1070 g/mol. The van der Waals surface area contributed by atoms with Crippen molar-refractivity contribution in [2.75, 3.05) is 58.9 Å². The van der Waals surface area contributed by atoms with E-state index in [1.54, 1.807) is 6.07 Å². The fraction of sp³-hybridized carbons (Fsp3) is 0.898. The molecule has 2 saturated carbocycles. The van der Waals surface area contributed by atoms with E-state index in [-0.39, 0.29) is 17.1 Å². The minimum Gasteiger partial charge on any atom is -0.314 e. The Kier molecular flexibility index (Phi) is 30.7. The first-order chi connectivity index (χ1) is 35.2. The van der Waals surface area contributed by atoms with E-state index < -0.39 is 11.7 Å². The van der Waals surface area contributed by atoms with E-state index in [0.29, 0.717) is 90.6 Å². The molecule has 11 N–H and O–H groups in total. The van der Waals surface area contributed by atoms with Crippen LogP contribution < -0.4 is 58.5 Å². The molecule has 7 unspecified atom stereocenters. The van der Waals surface area contributed by atoms with Crippen LogP contribution in [0.5, 0.6) is 0 Å². The largest absolute Gasteiger partial charge is 0.417 e. The molecule has 0 bridgehead atoms. The number of aryl methyl sites for hydroxylation is 1. The molecule has 3 aliphatic rings. The minimum absolute atomic E-state index is 0.137. The summed E-state index contributed by atoms with van der Waals surface area (Å²) in [5.41, 5.74) is 0.0559. The second-order valence-corrected chi connectivity index (χ2v) is 25.1. The molecule has 1 aliphatic heterocycles. The molecule has 1 aromatic rings. The van der Waals surface area contributed by atoms with Gasteiger partial charge in [0.15, 0.2) is 0 Å². The summed E-state index contributed by atoms with van der Waals surface area (Å²) < 4.78 is 40.8. The van der Waals surface area contributed by atoms with Crippen molar-refractivity contribution < 1.29 is 13.2 Å². The molecule has 2 aliphatic carbocycles. The highest BCUT2D eigenvalue weighted by Crippen LogP contribution is 2.35. The van der Waals surface area contributed by atoms with Gasteiger partial charge in [0.2, 0.25) is 0 Å². The summed E-state index contributed by atoms with van der Waals surface area (Å²) in [6.45, 7) is 36.2. The van der Waals surface area contributed by atoms with E-state index in [1.807, 2.05) is 0 Å². The number of hydrogen-bond acceptors (Lipinski definition) is 11. The van der Waals surface area contributed by atoms with Gasteiger partial charge in [0.25, 0.3) is 0 Å². The highest BCUT2D eigenvalue weighted by atomic mass is 35.5. The third kappa shape index (κ3) is 24.5. The Bertz CT molecular complexity index is 1620. The molecule has 0 spiro atoms. The SMILES string of the molecule is CC[C@H](C)[C@H]1CN[C@@H](CC(C)C)C(C)NCCCN[C@@H](C(C)C)C(C)NCCN[C@H]2CCCC2N[C@@H](CCc2ccc(C(F)(F)F)c(Cl)c2)CNCC(C)N[C@@H](CC2CCCCC2)C(C)NCC(C)NCC(C)N1. The molecule has 74 heavy (non-hydrogen) atoms. The zero-order chi connectivity index (χ0) is 54.2. The normalized spacial score (nSPS) is 33.7. The second-order valence-electron chi connectivity index (χ2n) is 24.7. The van der Waals surface area contributed by atoms with Crippen molar-refractivity contribution in [2.45, 2.75) is 258 Å². The van der Waals surface area contributed by atoms with Gasteiger partial charge in [-0.1, -0.05) is 104 Å². The van der Waals surface area contributed by atoms with Gasteiger partial charge in [-0.2, -0.15) is 13.2 Å². The van der Waals surface area contributed by atoms with Crippen LogP contribution in [-0.4, -0.2) is 137 Å². The maximum Gasteiger partial charge on any atom is 0.417 e. The smallest absolute Gasteiger partial charge is 0.314 e. The van der Waals surface area contributed by atoms with Gasteiger partial charge < -0.3 is 58.5 Å². The Morgan fingerprint density at radius 1 is 0.608 bits per heavy atom. The molecule has 1 aromatic carbocycles. The Morgan fingerprint density at radius 3 is 1.96 bits per heavy atom. The van der Waals surface area contributed by atoms with Gasteiger partial charge in [-0.3, -0.25) is 0 Å². The lowest BCUT2D eigenvalue weighted by molar-refractivity contribution is -0.137. The molecule has 0 radical (unpaired) electrons. The van der Waals surface area contributed by atoms with E-state index in [2.05, 4.69) is 142 Å². The predicted octanol–water partition coefficient (Wildman–Crippen LogP) is 8.99. The maximum atomic E-state index is 13.6. The van der Waals surface area contributed by atoms with E-state index in [1.165, 1.54) is 44.6 Å². The van der Waals surface area contributed by atoms with Crippen LogP contribution >= 0.6 is 11.6 Å². The van der Waals surface area contributed by atoms with Crippen molar-refractivity contribution in [3.8, 4) is 0 Å². The first-order valence-corrected chi connectivity index (χ1v) is 30.6. The average molecular weight is 1070 g/mol. The summed E-state index contributed by atoms with van der Waals surface area (Å²) in [5, 5.41) is 43.3. The van der Waals surface area contributed by atoms with Crippen molar-refractivity contribution in [3.63, 3.8) is 0 Å². The Labute approximate surface area is 456 Å². The molecule has 1 heterocycles. The van der Waals surface area contributed by atoms with Crippen molar-refractivity contribution in [3.05, 3.63) is 34.3 Å². The molecule has 3 fully saturated rings. The topological polar surface area (TPSA) is 132 Å². The highest BCUT2D eigenvalue weighted by molar-refractivity contribution is 6.31. The summed E-state index contributed by atoms with van der Waals surface area (Å²) in [5.74, 6) is 2.42. The Morgan fingerprint density at radius 2 is 1.27 bits per heavy atom. The van der Waals surface area contributed by atoms with Crippen LogP contribution in [0.15, 0.2) is 18.2 Å². The number of hydrogen-bond donors (Lipinski definition) is 11. The molecule has 0 aromatic heterocycles. The predicted molar refractivity (Wildman–Crippen MR) is 310 cm³/mol. The molecular weight excluding hydrogens is 955 g/mol. The maximum absolute atomic E-state index is 13.6. The van der Waals surface area contributed by atoms with E-state index in [4.69, 9.17) is 11.6 Å². The standard InChI is InChI=1S/C59H113ClF3N11/c1-13-41(6)57-38-71-55(31-39(2)3)45(10)65-27-18-28-68-58(40(4)5)47(12)66-29-30-67-53-21-17-22-54(53)74-50(25-23-49-24-26-51(52(60)32-49)59(61,62)63)37-64-34-43(8)72-56(33-48-19-15-14-16-20-48)46(11)70-35-42(7)69-36-44(9)73-57/h24,26,32,39-48,50,53-58,64-74H,13-23,25,27-31,33-38H2,1-12H3/t41-,42?,43?,44?,45?,46?,47?,50-,53-,54?,55-,56-,57+,58-/m0/s1. The van der Waals surface area contributed by atoms with E-state index in [0.717, 1.165) is 121 Å². The van der Waals surface area contributed by atoms with E-state index >= 15 is 0 Å². The lowest BCUT2D eigenvalue weighted by Crippen LogP contribution is -2.56. The Hall–Kier alpha value is -1.14. The van der Waals surface area contributed by atoms with Crippen LogP contribution in [0.25, 0.3) is 0 Å². The number of halogens is 4. The summed E-state index contributed by atoms with van der Waals surface area (Å²) >= 11 is 6.21. The van der Waals surface area contributed by atoms with Gasteiger partial charge in [0, 0.05) is 124 Å². The van der Waals surface area contributed by atoms with Gasteiger partial charge in [0.05, 0.1) is 10.6 Å². The fourth-order valence-electron chi connectivity index (χ4n) is 12.2. The van der Waals surface area contributed by atoms with Crippen LogP contribution in [0.1, 0.15) is 178 Å². The van der Waals surface area contributed by atoms with E-state index in [9.17, 15) is 13.2 Å². The summed E-state index contributed by atoms with van der Waals surface area (Å²) in [6, 6.07) is 8.46. The van der Waals surface area contributed by atoms with Crippen LogP contribution in [0, 0.1) is 23.7 Å². The lowest BCUT2D eigenvalue weighted by Gasteiger charge is -2.35. The van der Waals surface area contributed by atoms with Crippen LogP contribution in [-0.2, 0) is 12.6 Å². The molecule has 14 atom stereocenters. The molecule has 4 rings (SSSR count). The van der Waals surface area contributed by atoms with Crippen molar-refractivity contribution in [2.24, 2.45) is 23.7 Å². The summed E-state index contributed by atoms with van der Waals surface area (Å²) in [6.07, 6.45) is 11.6. The summed E-state index contributed by atoms with van der Waals surface area (Å²) in [4.78, 5) is 0. The van der Waals surface area contributed by atoms with Gasteiger partial charge >= 0.3 is 6.18 Å². The first kappa shape index (κ1) is 65.4. The number of rotatable bonds is 10. The Balaban J connectivity index is 1.49. The minimum atomic E-state index is -4.47. The molecule has 1 saturated heterocycles. The van der Waals surface area contributed by atoms with Crippen molar-refractivity contribution in [1.82, 2.24) is 58.5 Å². The third-order valence-corrected chi connectivity index (χ3v) is 17.4. The first-order valence-electron chi connectivity index (χ1n) is 30.2. The quantitative estimate of drug-likeness (QED) is 0.110. The molecule has 0 amide bonds. The number of benzene rings is 1. The molecular formula is C59H113ClF3N11. The molecule has 432 valence electrons. The fourth-order valence-corrected chi connectivity index (χ4v) is 12.5. The number of fused-ring (bicyclic) bond motifs is 1. The molecule has 11 nitrogen and oxygen atoms in total. The highest BCUT2D eigenvalue weighted by Gasteiger charge is 2.34. The van der Waals surface area contributed by atoms with Gasteiger partial charge in [-0.05, 0) is 141 Å². The third-order valence-electron chi connectivity index (χ3n) is 17.1. The number of nitrogens with one attached hydrogen (secondary N) is 11. The zero-order valence-electron chi connectivity index (χ0n) is 48.8. The van der Waals surface area contributed by atoms with Gasteiger partial charge in [-0.25, -0.2) is 0 Å².